The molecule has 0 saturated carbocycles. The molecule has 34 heavy (non-hydrogen) atoms. The average molecular weight is 448 g/mol. The lowest BCUT2D eigenvalue weighted by molar-refractivity contribution is -0.162. The van der Waals surface area contributed by atoms with Crippen LogP contribution >= 0.6 is 0 Å². The van der Waals surface area contributed by atoms with Gasteiger partial charge in [0.05, 0.1) is 48.6 Å². The second kappa shape index (κ2) is 6.26. The molecule has 160 valence electrons. The van der Waals surface area contributed by atoms with Gasteiger partial charge in [-0.15, -0.1) is 0 Å². The van der Waals surface area contributed by atoms with Gasteiger partial charge in [-0.3, -0.25) is 4.79 Å². The van der Waals surface area contributed by atoms with E-state index >= 15 is 0 Å². The number of Topliss-reactive ketones (excluding diaryl/α,β-unsaturated/α-hetero) is 1. The minimum atomic E-state index is -2.75. The summed E-state index contributed by atoms with van der Waals surface area (Å²) in [6.07, 6.45) is -1.24. The molecule has 4 rings (SSSR count). The Kier molecular flexibility index (Phi) is 4.08. The number of nitrogens with zero attached hydrogens (tertiary/aromatic N) is 8. The Morgan fingerprint density at radius 1 is 0.706 bits per heavy atom. The molecule has 0 amide bonds. The molecule has 0 aromatic heterocycles. The normalized spacial score (nSPS) is 35.7. The van der Waals surface area contributed by atoms with E-state index in [2.05, 4.69) is 0 Å². The lowest BCUT2D eigenvalue weighted by atomic mass is 9.51. The first kappa shape index (κ1) is 22.2. The van der Waals surface area contributed by atoms with Gasteiger partial charge in [-0.1, -0.05) is 12.2 Å². The van der Waals surface area contributed by atoms with Gasteiger partial charge in [0.2, 0.25) is 27.4 Å². The van der Waals surface area contributed by atoms with Gasteiger partial charge in [0, 0.05) is 0 Å². The minimum Gasteiger partial charge on any atom is -0.382 e. The molecule has 0 spiro atoms. The standard InChI is InChI=1S/C22H8N8O4/c23-5-17(6-24)13-1-3-21(33-13,19(17,9-27)10-28)15(31)16(32)22-4-2-14(34-22)18(7-25,8-26)20(22,11-29)12-30/h1-4,13-15,31H. The van der Waals surface area contributed by atoms with Crippen LogP contribution in [0.5, 0.6) is 0 Å². The molecule has 2 saturated heterocycles. The van der Waals surface area contributed by atoms with Gasteiger partial charge >= 0.3 is 0 Å². The van der Waals surface area contributed by atoms with Gasteiger partial charge in [0.1, 0.15) is 12.2 Å². The number of fused-ring (bicyclic) bond motifs is 4. The van der Waals surface area contributed by atoms with Crippen LogP contribution in [0, 0.1) is 112 Å². The number of ether oxygens (including phenoxy) is 2. The summed E-state index contributed by atoms with van der Waals surface area (Å²) in [5, 5.41) is 89.9. The monoisotopic (exact) mass is 448 g/mol. The zero-order chi connectivity index (χ0) is 25.2. The average Bonchev–Trinajstić information content (AvgIpc) is 3.62. The summed E-state index contributed by atoms with van der Waals surface area (Å²) in [5.41, 5.74) is -15.6. The Labute approximate surface area is 191 Å². The fourth-order valence-electron chi connectivity index (χ4n) is 5.41. The number of carbonyl (C=O) groups excluding carboxylic acids is 1. The Morgan fingerprint density at radius 2 is 1.15 bits per heavy atom. The molecular formula is C22H8N8O4. The van der Waals surface area contributed by atoms with E-state index in [0.717, 1.165) is 24.3 Å². The van der Waals surface area contributed by atoms with E-state index in [9.17, 15) is 52.0 Å². The topological polar surface area (TPSA) is 246 Å². The number of aliphatic hydroxyl groups is 1. The van der Waals surface area contributed by atoms with Crippen molar-refractivity contribution in [1.82, 2.24) is 0 Å². The number of carbonyl (C=O) groups is 1. The van der Waals surface area contributed by atoms with Crippen molar-refractivity contribution in [1.29, 1.82) is 42.1 Å². The van der Waals surface area contributed by atoms with Gasteiger partial charge in [-0.2, -0.15) is 42.1 Å². The molecule has 4 heterocycles. The highest BCUT2D eigenvalue weighted by molar-refractivity contribution is 5.99. The second-order valence-corrected chi connectivity index (χ2v) is 8.10. The maximum absolute atomic E-state index is 13.8. The molecule has 1 N–H and O–H groups in total. The third-order valence-corrected chi connectivity index (χ3v) is 7.24. The van der Waals surface area contributed by atoms with Crippen molar-refractivity contribution in [3.05, 3.63) is 24.3 Å². The van der Waals surface area contributed by atoms with Crippen LogP contribution in [0.15, 0.2) is 24.3 Å². The van der Waals surface area contributed by atoms with Crippen molar-refractivity contribution in [2.45, 2.75) is 29.5 Å². The van der Waals surface area contributed by atoms with E-state index in [4.69, 9.17) is 9.47 Å². The van der Waals surface area contributed by atoms with Gasteiger partial charge in [-0.25, -0.2) is 0 Å². The second-order valence-electron chi connectivity index (χ2n) is 8.10. The van der Waals surface area contributed by atoms with Crippen LogP contribution in [0.3, 0.4) is 0 Å². The van der Waals surface area contributed by atoms with Crippen molar-refractivity contribution >= 4 is 5.78 Å². The summed E-state index contributed by atoms with van der Waals surface area (Å²) in [4.78, 5) is 13.8. The third-order valence-electron chi connectivity index (χ3n) is 7.24. The lowest BCUT2D eigenvalue weighted by Gasteiger charge is -2.42. The molecular weight excluding hydrogens is 440 g/mol. The van der Waals surface area contributed by atoms with Crippen molar-refractivity contribution in [2.75, 3.05) is 0 Å². The minimum absolute atomic E-state index is 0.965. The molecule has 0 aromatic carbocycles. The number of hydrogen-bond donors (Lipinski definition) is 1. The predicted octanol–water partition coefficient (Wildman–Crippen LogP) is -0.535. The van der Waals surface area contributed by atoms with Crippen molar-refractivity contribution in [3.8, 4) is 48.6 Å². The van der Waals surface area contributed by atoms with Crippen molar-refractivity contribution < 1.29 is 19.4 Å². The Morgan fingerprint density at radius 3 is 1.62 bits per heavy atom. The molecule has 0 radical (unpaired) electrons. The first-order valence-corrected chi connectivity index (χ1v) is 9.45. The predicted molar refractivity (Wildman–Crippen MR) is 99.1 cm³/mol. The van der Waals surface area contributed by atoms with E-state index in [1.165, 1.54) is 12.1 Å². The molecule has 12 heteroatoms. The summed E-state index contributed by atoms with van der Waals surface area (Å²) in [6.45, 7) is 0. The van der Waals surface area contributed by atoms with Crippen LogP contribution in [0.4, 0.5) is 0 Å². The Hall–Kier alpha value is -5.05. The van der Waals surface area contributed by atoms with Crippen molar-refractivity contribution in [3.63, 3.8) is 0 Å². The van der Waals surface area contributed by atoms with Crippen LogP contribution in [0.1, 0.15) is 0 Å². The quantitative estimate of drug-likeness (QED) is 0.535. The molecule has 2 fully saturated rings. The van der Waals surface area contributed by atoms with Gasteiger partial charge in [0.15, 0.2) is 17.3 Å². The van der Waals surface area contributed by atoms with Crippen LogP contribution in [0.2, 0.25) is 0 Å². The zero-order valence-corrected chi connectivity index (χ0v) is 16.8. The molecule has 4 aliphatic rings. The first-order chi connectivity index (χ1) is 16.2. The SMILES string of the molecule is N#CC1(C#N)C2C=CC(C(=O)C(O)C34C=CC(O3)C(C#N)(C#N)C4(C#N)C#N)(O2)C1(C#N)C#N. The highest BCUT2D eigenvalue weighted by Gasteiger charge is 2.85. The van der Waals surface area contributed by atoms with E-state index in [0.29, 0.717) is 0 Å². The van der Waals surface area contributed by atoms with E-state index in [1.54, 1.807) is 36.4 Å². The summed E-state index contributed by atoms with van der Waals surface area (Å²) in [7, 11) is 0. The van der Waals surface area contributed by atoms with Crippen LogP contribution < -0.4 is 0 Å². The number of rotatable bonds is 3. The summed E-state index contributed by atoms with van der Waals surface area (Å²) < 4.78 is 11.1. The van der Waals surface area contributed by atoms with E-state index in [1.807, 2.05) is 0 Å². The van der Waals surface area contributed by atoms with Crippen LogP contribution in [0.25, 0.3) is 0 Å². The fraction of sp³-hybridized carbons (Fsp3) is 0.409. The maximum atomic E-state index is 13.8. The van der Waals surface area contributed by atoms with Gasteiger partial charge < -0.3 is 14.6 Å². The van der Waals surface area contributed by atoms with Gasteiger partial charge in [0.25, 0.3) is 0 Å². The molecule has 12 nitrogen and oxygen atoms in total. The van der Waals surface area contributed by atoms with Crippen LogP contribution in [-0.2, 0) is 14.3 Å². The zero-order valence-electron chi connectivity index (χ0n) is 16.8. The molecule has 0 aromatic rings. The lowest BCUT2D eigenvalue weighted by Crippen LogP contribution is -2.65. The van der Waals surface area contributed by atoms with E-state index in [-0.39, 0.29) is 0 Å². The number of aliphatic hydroxyl groups excluding tert-OH is 1. The fourth-order valence-corrected chi connectivity index (χ4v) is 5.41. The molecule has 0 aliphatic carbocycles. The highest BCUT2D eigenvalue weighted by atomic mass is 16.5. The Bertz CT molecular complexity index is 1400. The molecule has 4 bridgehead atoms. The molecule has 5 atom stereocenters. The highest BCUT2D eigenvalue weighted by Crippen LogP contribution is 2.66. The van der Waals surface area contributed by atoms with Gasteiger partial charge in [-0.05, 0) is 12.2 Å². The number of nitriles is 8. The molecule has 4 aliphatic heterocycles. The summed E-state index contributed by atoms with van der Waals surface area (Å²) >= 11 is 0. The first-order valence-electron chi connectivity index (χ1n) is 9.45. The maximum Gasteiger partial charge on any atom is 0.217 e. The number of hydrogen-bond acceptors (Lipinski definition) is 12. The summed E-state index contributed by atoms with van der Waals surface area (Å²) in [6, 6.07) is 12.6. The Balaban J connectivity index is 1.96. The largest absolute Gasteiger partial charge is 0.382 e. The van der Waals surface area contributed by atoms with Crippen LogP contribution in [-0.4, -0.2) is 40.4 Å². The van der Waals surface area contributed by atoms with E-state index < -0.39 is 57.0 Å². The number of ketones is 1. The molecule has 5 unspecified atom stereocenters. The smallest absolute Gasteiger partial charge is 0.217 e. The summed E-state index contributed by atoms with van der Waals surface area (Å²) in [5.74, 6) is -1.46. The van der Waals surface area contributed by atoms with Crippen molar-refractivity contribution in [2.24, 2.45) is 21.7 Å². The third kappa shape index (κ3) is 1.65.